The van der Waals surface area contributed by atoms with Gasteiger partial charge in [0.15, 0.2) is 5.78 Å². The van der Waals surface area contributed by atoms with Gasteiger partial charge in [0.25, 0.3) is 0 Å². The molecule has 0 aromatic heterocycles. The molecule has 0 heterocycles. The molecule has 0 saturated heterocycles. The molecule has 0 N–H and O–H groups in total. The van der Waals surface area contributed by atoms with Crippen LogP contribution in [0.1, 0.15) is 68.9 Å². The summed E-state index contributed by atoms with van der Waals surface area (Å²) >= 11 is 0. The molecule has 0 aliphatic heterocycles. The minimum Gasteiger partial charge on any atom is -0.493 e. The van der Waals surface area contributed by atoms with E-state index in [1.807, 2.05) is 26.0 Å². The number of allylic oxidation sites excluding steroid dienone is 1. The summed E-state index contributed by atoms with van der Waals surface area (Å²) in [6.07, 6.45) is 5.09. The number of aryl methyl sites for hydroxylation is 1. The van der Waals surface area contributed by atoms with E-state index in [2.05, 4.69) is 6.92 Å². The number of hydrogen-bond donors (Lipinski definition) is 0. The van der Waals surface area contributed by atoms with Gasteiger partial charge in [0.05, 0.1) is 18.6 Å². The van der Waals surface area contributed by atoms with Crippen LogP contribution in [0.3, 0.4) is 0 Å². The van der Waals surface area contributed by atoms with Crippen LogP contribution in [-0.4, -0.2) is 25.0 Å². The van der Waals surface area contributed by atoms with Gasteiger partial charge in [-0.15, -0.1) is 0 Å². The Kier molecular flexibility index (Phi) is 9.06. The molecule has 2 rings (SSSR count). The summed E-state index contributed by atoms with van der Waals surface area (Å²) in [4.78, 5) is 24.7. The van der Waals surface area contributed by atoms with Crippen LogP contribution in [0, 0.1) is 12.3 Å². The first-order valence-electron chi connectivity index (χ1n) is 11.1. The molecule has 0 aliphatic rings. The third-order valence-electron chi connectivity index (χ3n) is 4.61. The zero-order valence-electron chi connectivity index (χ0n) is 20.0. The van der Waals surface area contributed by atoms with Crippen LogP contribution in [0.2, 0.25) is 0 Å². The molecule has 32 heavy (non-hydrogen) atoms. The number of esters is 1. The molecular weight excluding hydrogens is 404 g/mol. The van der Waals surface area contributed by atoms with E-state index in [1.54, 1.807) is 51.1 Å². The Balaban J connectivity index is 2.18. The Labute approximate surface area is 191 Å². The van der Waals surface area contributed by atoms with Gasteiger partial charge in [-0.25, -0.2) is 0 Å². The molecule has 0 radical (unpaired) electrons. The summed E-state index contributed by atoms with van der Waals surface area (Å²) in [6.45, 7) is 12.7. The molecule has 0 bridgehead atoms. The Morgan fingerprint density at radius 1 is 0.906 bits per heavy atom. The highest BCUT2D eigenvalue weighted by Crippen LogP contribution is 2.30. The molecule has 0 amide bonds. The summed E-state index contributed by atoms with van der Waals surface area (Å²) in [6, 6.07) is 10.4. The van der Waals surface area contributed by atoms with Crippen molar-refractivity contribution in [3.8, 4) is 17.2 Å². The summed E-state index contributed by atoms with van der Waals surface area (Å²) in [5, 5.41) is 0. The average molecular weight is 439 g/mol. The van der Waals surface area contributed by atoms with Crippen molar-refractivity contribution in [1.82, 2.24) is 0 Å². The van der Waals surface area contributed by atoms with Crippen molar-refractivity contribution in [3.63, 3.8) is 0 Å². The number of rotatable bonds is 10. The first-order chi connectivity index (χ1) is 15.2. The Morgan fingerprint density at radius 2 is 1.50 bits per heavy atom. The van der Waals surface area contributed by atoms with E-state index >= 15 is 0 Å². The maximum absolute atomic E-state index is 12.7. The number of ether oxygens (including phenoxy) is 3. The lowest BCUT2D eigenvalue weighted by Gasteiger charge is -2.16. The van der Waals surface area contributed by atoms with Crippen LogP contribution in [0.15, 0.2) is 42.5 Å². The van der Waals surface area contributed by atoms with Gasteiger partial charge < -0.3 is 14.2 Å². The van der Waals surface area contributed by atoms with Crippen molar-refractivity contribution in [1.29, 1.82) is 0 Å². The lowest BCUT2D eigenvalue weighted by molar-refractivity contribution is -0.143. The van der Waals surface area contributed by atoms with Crippen molar-refractivity contribution < 1.29 is 23.8 Å². The van der Waals surface area contributed by atoms with Crippen molar-refractivity contribution in [2.75, 3.05) is 13.2 Å². The molecule has 0 atom stereocenters. The summed E-state index contributed by atoms with van der Waals surface area (Å²) in [5.74, 6) is 1.43. The van der Waals surface area contributed by atoms with E-state index in [0.29, 0.717) is 30.3 Å². The number of carbonyl (C=O) groups is 2. The smallest absolute Gasteiger partial charge is 0.316 e. The highest BCUT2D eigenvalue weighted by molar-refractivity contribution is 6.07. The van der Waals surface area contributed by atoms with Gasteiger partial charge in [0, 0.05) is 17.2 Å². The van der Waals surface area contributed by atoms with Crippen LogP contribution < -0.4 is 14.2 Å². The molecule has 172 valence electrons. The molecule has 2 aromatic rings. The third-order valence-corrected chi connectivity index (χ3v) is 4.61. The Hall–Kier alpha value is -3.08. The lowest BCUT2D eigenvalue weighted by atomic mass is 9.97. The van der Waals surface area contributed by atoms with Crippen LogP contribution in [-0.2, 0) is 4.79 Å². The fourth-order valence-corrected chi connectivity index (χ4v) is 2.74. The summed E-state index contributed by atoms with van der Waals surface area (Å²) < 4.78 is 17.0. The van der Waals surface area contributed by atoms with E-state index < -0.39 is 5.41 Å². The molecule has 0 saturated carbocycles. The molecule has 5 heteroatoms. The van der Waals surface area contributed by atoms with Gasteiger partial charge >= 0.3 is 5.97 Å². The van der Waals surface area contributed by atoms with Crippen LogP contribution in [0.25, 0.3) is 6.08 Å². The minimum atomic E-state index is -0.593. The molecule has 2 aromatic carbocycles. The summed E-state index contributed by atoms with van der Waals surface area (Å²) in [5.41, 5.74) is 1.72. The van der Waals surface area contributed by atoms with E-state index in [9.17, 15) is 9.59 Å². The molecular formula is C27H34O5. The standard InChI is InChI=1S/C27H34O5/c1-7-15-30-24-18-25(31-16-8-2)21(17-19(24)3)11-14-23(28)20-9-12-22(13-10-20)32-26(29)27(4,5)6/h9-14,17-18H,7-8,15-16H2,1-6H3/b14-11+. The van der Waals surface area contributed by atoms with Crippen molar-refractivity contribution in [3.05, 3.63) is 59.2 Å². The maximum Gasteiger partial charge on any atom is 0.316 e. The molecule has 5 nitrogen and oxygen atoms in total. The van der Waals surface area contributed by atoms with Crippen molar-refractivity contribution in [2.45, 2.75) is 54.4 Å². The van der Waals surface area contributed by atoms with Crippen LogP contribution >= 0.6 is 0 Å². The average Bonchev–Trinajstić information content (AvgIpc) is 2.75. The number of hydrogen-bond acceptors (Lipinski definition) is 5. The van der Waals surface area contributed by atoms with E-state index in [0.717, 1.165) is 29.7 Å². The van der Waals surface area contributed by atoms with E-state index in [-0.39, 0.29) is 11.8 Å². The first-order valence-corrected chi connectivity index (χ1v) is 11.1. The predicted molar refractivity (Wildman–Crippen MR) is 128 cm³/mol. The largest absolute Gasteiger partial charge is 0.493 e. The monoisotopic (exact) mass is 438 g/mol. The second-order valence-corrected chi connectivity index (χ2v) is 8.71. The third kappa shape index (κ3) is 7.26. The van der Waals surface area contributed by atoms with Gasteiger partial charge in [-0.3, -0.25) is 9.59 Å². The van der Waals surface area contributed by atoms with Crippen LogP contribution in [0.5, 0.6) is 17.2 Å². The lowest BCUT2D eigenvalue weighted by Crippen LogP contribution is -2.25. The van der Waals surface area contributed by atoms with Gasteiger partial charge in [0.2, 0.25) is 0 Å². The van der Waals surface area contributed by atoms with Crippen molar-refractivity contribution >= 4 is 17.8 Å². The normalized spacial score (nSPS) is 11.4. The fraction of sp³-hybridized carbons (Fsp3) is 0.407. The highest BCUT2D eigenvalue weighted by atomic mass is 16.5. The zero-order valence-corrected chi connectivity index (χ0v) is 20.0. The van der Waals surface area contributed by atoms with E-state index in [4.69, 9.17) is 14.2 Å². The van der Waals surface area contributed by atoms with Gasteiger partial charge in [-0.1, -0.05) is 13.8 Å². The van der Waals surface area contributed by atoms with Gasteiger partial charge in [0.1, 0.15) is 17.2 Å². The molecule has 0 aliphatic carbocycles. The topological polar surface area (TPSA) is 61.8 Å². The fourth-order valence-electron chi connectivity index (χ4n) is 2.74. The second-order valence-electron chi connectivity index (χ2n) is 8.71. The van der Waals surface area contributed by atoms with E-state index in [1.165, 1.54) is 6.08 Å². The predicted octanol–water partition coefficient (Wildman–Crippen LogP) is 6.42. The molecule has 0 spiro atoms. The van der Waals surface area contributed by atoms with Gasteiger partial charge in [-0.2, -0.15) is 0 Å². The van der Waals surface area contributed by atoms with Gasteiger partial charge in [-0.05, 0) is 88.6 Å². The quantitative estimate of drug-likeness (QED) is 0.185. The SMILES string of the molecule is CCCOc1cc(OCCC)c(/C=C/C(=O)c2ccc(OC(=O)C(C)(C)C)cc2)cc1C. The number of carbonyl (C=O) groups excluding carboxylic acids is 2. The number of benzene rings is 2. The Bertz CT molecular complexity index is 949. The van der Waals surface area contributed by atoms with Crippen LogP contribution in [0.4, 0.5) is 0 Å². The maximum atomic E-state index is 12.7. The molecule has 0 unspecified atom stereocenters. The van der Waals surface area contributed by atoms with Crippen molar-refractivity contribution in [2.24, 2.45) is 5.41 Å². The zero-order chi connectivity index (χ0) is 23.7. The number of ketones is 1. The summed E-state index contributed by atoms with van der Waals surface area (Å²) in [7, 11) is 0. The second kappa shape index (κ2) is 11.5. The molecule has 0 fully saturated rings. The highest BCUT2D eigenvalue weighted by Gasteiger charge is 2.23. The Morgan fingerprint density at radius 3 is 2.06 bits per heavy atom. The first kappa shape index (κ1) is 25.2. The minimum absolute atomic E-state index is 0.149.